The summed E-state index contributed by atoms with van der Waals surface area (Å²) >= 11 is 6.11. The van der Waals surface area contributed by atoms with Crippen LogP contribution in [0, 0.1) is 0 Å². The lowest BCUT2D eigenvalue weighted by Crippen LogP contribution is -2.32. The molecule has 0 saturated carbocycles. The molecule has 0 heterocycles. The number of alkyl halides is 3. The van der Waals surface area contributed by atoms with Gasteiger partial charge < -0.3 is 15.8 Å². The Kier molecular flexibility index (Phi) is 9.22. The Bertz CT molecular complexity index is 1560. The van der Waals surface area contributed by atoms with Crippen molar-refractivity contribution >= 4 is 50.8 Å². The molecular formula is C26H21ClF3N3O6S. The highest BCUT2D eigenvalue weighted by atomic mass is 35.5. The fraction of sp³-hybridized carbons (Fsp3) is 0.115. The first-order valence-electron chi connectivity index (χ1n) is 11.2. The van der Waals surface area contributed by atoms with Crippen LogP contribution in [-0.4, -0.2) is 39.4 Å². The number of anilines is 2. The van der Waals surface area contributed by atoms with Crippen LogP contribution in [0.3, 0.4) is 0 Å². The molecule has 210 valence electrons. The number of rotatable bonds is 10. The van der Waals surface area contributed by atoms with Crippen LogP contribution in [-0.2, 0) is 25.7 Å². The summed E-state index contributed by atoms with van der Waals surface area (Å²) in [6.07, 6.45) is -3.55. The summed E-state index contributed by atoms with van der Waals surface area (Å²) in [5.74, 6) is -2.45. The van der Waals surface area contributed by atoms with Crippen molar-refractivity contribution in [2.45, 2.75) is 11.1 Å². The normalized spacial score (nSPS) is 11.4. The molecule has 0 aromatic heterocycles. The Morgan fingerprint density at radius 2 is 1.68 bits per heavy atom. The van der Waals surface area contributed by atoms with Gasteiger partial charge in [-0.05, 0) is 60.7 Å². The number of halogens is 4. The van der Waals surface area contributed by atoms with Crippen LogP contribution >= 0.6 is 11.6 Å². The summed E-state index contributed by atoms with van der Waals surface area (Å²) in [4.78, 5) is 35.3. The molecule has 0 spiro atoms. The lowest BCUT2D eigenvalue weighted by molar-refractivity contribution is -0.137. The van der Waals surface area contributed by atoms with Crippen molar-refractivity contribution in [3.63, 3.8) is 0 Å². The van der Waals surface area contributed by atoms with Gasteiger partial charge in [0.1, 0.15) is 4.90 Å². The summed E-state index contributed by atoms with van der Waals surface area (Å²) in [7, 11) is -4.60. The maximum atomic E-state index is 13.5. The molecule has 3 rings (SSSR count). The first-order valence-corrected chi connectivity index (χ1v) is 13.0. The van der Waals surface area contributed by atoms with Gasteiger partial charge in [0.05, 0.1) is 28.4 Å². The van der Waals surface area contributed by atoms with Gasteiger partial charge >= 0.3 is 12.1 Å². The molecule has 0 aliphatic carbocycles. The van der Waals surface area contributed by atoms with Gasteiger partial charge in [0.25, 0.3) is 15.9 Å². The van der Waals surface area contributed by atoms with Crippen LogP contribution in [0.1, 0.15) is 26.3 Å². The topological polar surface area (TPSA) is 136 Å². The maximum absolute atomic E-state index is 13.5. The SMILES string of the molecule is C=CCN(c1cccc(C(F)(F)F)c1)S(=O)(=O)c1cc(C(=O)OCC(=O)Nc2ccc(C(N)=O)cc2)ccc1Cl. The summed E-state index contributed by atoms with van der Waals surface area (Å²) < 4.78 is 72.3. The van der Waals surface area contributed by atoms with E-state index in [1.807, 2.05) is 0 Å². The first-order chi connectivity index (χ1) is 18.7. The monoisotopic (exact) mass is 595 g/mol. The third kappa shape index (κ3) is 7.18. The van der Waals surface area contributed by atoms with E-state index in [4.69, 9.17) is 22.1 Å². The third-order valence-electron chi connectivity index (χ3n) is 5.28. The molecule has 0 radical (unpaired) electrons. The number of nitrogens with two attached hydrogens (primary N) is 1. The molecule has 0 atom stereocenters. The maximum Gasteiger partial charge on any atom is 0.416 e. The van der Waals surface area contributed by atoms with E-state index in [0.717, 1.165) is 30.3 Å². The zero-order valence-electron chi connectivity index (χ0n) is 20.4. The van der Waals surface area contributed by atoms with Crippen LogP contribution in [0.4, 0.5) is 24.5 Å². The summed E-state index contributed by atoms with van der Waals surface area (Å²) in [6.45, 7) is 2.31. The van der Waals surface area contributed by atoms with Gasteiger partial charge in [0.15, 0.2) is 6.61 Å². The lowest BCUT2D eigenvalue weighted by Gasteiger charge is -2.24. The van der Waals surface area contributed by atoms with Crippen molar-refractivity contribution in [1.29, 1.82) is 0 Å². The smallest absolute Gasteiger partial charge is 0.416 e. The molecule has 3 aromatic rings. The van der Waals surface area contributed by atoms with Crippen molar-refractivity contribution in [2.75, 3.05) is 22.8 Å². The van der Waals surface area contributed by atoms with Crippen LogP contribution in [0.15, 0.2) is 84.3 Å². The van der Waals surface area contributed by atoms with E-state index in [9.17, 15) is 36.0 Å². The minimum atomic E-state index is -4.72. The standard InChI is InChI=1S/C26H21ClF3N3O6S/c1-2-12-33(20-5-3-4-18(14-20)26(28,29)30)40(37,38)22-13-17(8-11-21(22)27)25(36)39-15-23(34)32-19-9-6-16(7-10-19)24(31)35/h2-11,13-14H,1,12,15H2,(H2,31,35)(H,32,34). The fourth-order valence-electron chi connectivity index (χ4n) is 3.37. The van der Waals surface area contributed by atoms with Crippen LogP contribution in [0.2, 0.25) is 5.02 Å². The molecule has 0 unspecified atom stereocenters. The largest absolute Gasteiger partial charge is 0.452 e. The van der Waals surface area contributed by atoms with E-state index in [-0.39, 0.29) is 21.8 Å². The Balaban J connectivity index is 1.81. The second-order valence-corrected chi connectivity index (χ2v) is 10.3. The Morgan fingerprint density at radius 3 is 2.27 bits per heavy atom. The minimum absolute atomic E-state index is 0.220. The van der Waals surface area contributed by atoms with Crippen molar-refractivity contribution in [1.82, 2.24) is 0 Å². The van der Waals surface area contributed by atoms with E-state index in [0.29, 0.717) is 16.1 Å². The molecule has 0 fully saturated rings. The number of carbonyl (C=O) groups is 3. The van der Waals surface area contributed by atoms with Crippen molar-refractivity contribution < 1.29 is 40.7 Å². The molecule has 0 saturated heterocycles. The van der Waals surface area contributed by atoms with Gasteiger partial charge in [0.2, 0.25) is 5.91 Å². The molecular weight excluding hydrogens is 575 g/mol. The average molecular weight is 596 g/mol. The highest BCUT2D eigenvalue weighted by Crippen LogP contribution is 2.34. The predicted molar refractivity (Wildman–Crippen MR) is 141 cm³/mol. The van der Waals surface area contributed by atoms with Crippen molar-refractivity contribution in [3.05, 3.63) is 101 Å². The molecule has 0 bridgehead atoms. The van der Waals surface area contributed by atoms with Crippen molar-refractivity contribution in [3.8, 4) is 0 Å². The Morgan fingerprint density at radius 1 is 1.02 bits per heavy atom. The summed E-state index contributed by atoms with van der Waals surface area (Å²) in [5, 5.41) is 2.13. The number of ether oxygens (including phenoxy) is 1. The number of esters is 1. The number of primary amides is 1. The fourth-order valence-corrected chi connectivity index (χ4v) is 5.30. The molecule has 40 heavy (non-hydrogen) atoms. The number of amides is 2. The number of benzene rings is 3. The number of carbonyl (C=O) groups excluding carboxylic acids is 3. The van der Waals surface area contributed by atoms with Gasteiger partial charge in [-0.1, -0.05) is 23.7 Å². The van der Waals surface area contributed by atoms with Crippen LogP contribution < -0.4 is 15.4 Å². The second kappa shape index (κ2) is 12.2. The quantitative estimate of drug-likeness (QED) is 0.259. The third-order valence-corrected chi connectivity index (χ3v) is 7.55. The van der Waals surface area contributed by atoms with E-state index >= 15 is 0 Å². The Labute approximate surface area is 232 Å². The van der Waals surface area contributed by atoms with Crippen molar-refractivity contribution in [2.24, 2.45) is 5.73 Å². The molecule has 9 nitrogen and oxygen atoms in total. The minimum Gasteiger partial charge on any atom is -0.452 e. The zero-order chi connectivity index (χ0) is 29.7. The van der Waals surface area contributed by atoms with Gasteiger partial charge in [-0.2, -0.15) is 13.2 Å². The van der Waals surface area contributed by atoms with E-state index in [1.54, 1.807) is 0 Å². The van der Waals surface area contributed by atoms with E-state index < -0.39 is 57.6 Å². The molecule has 0 aliphatic rings. The van der Waals surface area contributed by atoms with Gasteiger partial charge in [-0.15, -0.1) is 6.58 Å². The molecule has 3 N–H and O–H groups in total. The summed E-state index contributed by atoms with van der Waals surface area (Å²) in [6, 6.07) is 12.4. The van der Waals surface area contributed by atoms with Gasteiger partial charge in [-0.3, -0.25) is 13.9 Å². The average Bonchev–Trinajstić information content (AvgIpc) is 2.90. The number of hydrogen-bond acceptors (Lipinski definition) is 6. The predicted octanol–water partition coefficient (Wildman–Crippen LogP) is 4.63. The molecule has 14 heteroatoms. The number of sulfonamides is 1. The number of nitrogens with zero attached hydrogens (tertiary/aromatic N) is 1. The molecule has 2 amide bonds. The van der Waals surface area contributed by atoms with Gasteiger partial charge in [-0.25, -0.2) is 13.2 Å². The van der Waals surface area contributed by atoms with Crippen LogP contribution in [0.5, 0.6) is 0 Å². The highest BCUT2D eigenvalue weighted by molar-refractivity contribution is 7.93. The lowest BCUT2D eigenvalue weighted by atomic mass is 10.2. The first kappa shape index (κ1) is 30.2. The van der Waals surface area contributed by atoms with E-state index in [2.05, 4.69) is 11.9 Å². The summed E-state index contributed by atoms with van der Waals surface area (Å²) in [5.41, 5.74) is 4.00. The second-order valence-electron chi connectivity index (χ2n) is 8.08. The number of hydrogen-bond donors (Lipinski definition) is 2. The van der Waals surface area contributed by atoms with E-state index in [1.165, 1.54) is 36.4 Å². The molecule has 3 aromatic carbocycles. The van der Waals surface area contributed by atoms with Crippen LogP contribution in [0.25, 0.3) is 0 Å². The Hall–Kier alpha value is -4.36. The molecule has 0 aliphatic heterocycles. The van der Waals surface area contributed by atoms with Gasteiger partial charge in [0, 0.05) is 11.3 Å². The highest BCUT2D eigenvalue weighted by Gasteiger charge is 2.33. The number of nitrogens with one attached hydrogen (secondary N) is 1. The zero-order valence-corrected chi connectivity index (χ0v) is 22.0.